The van der Waals surface area contributed by atoms with Gasteiger partial charge in [-0.15, -0.1) is 12.6 Å². The molecular formula is C17H19NOS. The van der Waals surface area contributed by atoms with Gasteiger partial charge >= 0.3 is 0 Å². The summed E-state index contributed by atoms with van der Waals surface area (Å²) in [6, 6.07) is 13.7. The van der Waals surface area contributed by atoms with Crippen molar-refractivity contribution in [3.8, 4) is 0 Å². The van der Waals surface area contributed by atoms with Gasteiger partial charge in [-0.05, 0) is 56.2 Å². The Labute approximate surface area is 125 Å². The van der Waals surface area contributed by atoms with Gasteiger partial charge in [-0.2, -0.15) is 0 Å². The van der Waals surface area contributed by atoms with Crippen LogP contribution in [0.1, 0.15) is 28.4 Å². The summed E-state index contributed by atoms with van der Waals surface area (Å²) in [5.74, 6) is 0.0199. The highest BCUT2D eigenvalue weighted by molar-refractivity contribution is 7.80. The van der Waals surface area contributed by atoms with E-state index in [9.17, 15) is 4.79 Å². The van der Waals surface area contributed by atoms with E-state index in [0.29, 0.717) is 12.1 Å². The molecule has 0 bridgehead atoms. The van der Waals surface area contributed by atoms with Crippen molar-refractivity contribution < 1.29 is 4.79 Å². The normalized spacial score (nSPS) is 10.4. The average molecular weight is 285 g/mol. The van der Waals surface area contributed by atoms with Gasteiger partial charge in [0.25, 0.3) is 5.91 Å². The number of aryl methyl sites for hydroxylation is 2. The Morgan fingerprint density at radius 1 is 1.15 bits per heavy atom. The molecule has 20 heavy (non-hydrogen) atoms. The first-order chi connectivity index (χ1) is 9.52. The maximum Gasteiger partial charge on any atom is 0.258 e. The topological polar surface area (TPSA) is 20.3 Å². The van der Waals surface area contributed by atoms with Gasteiger partial charge in [0.15, 0.2) is 0 Å². The van der Waals surface area contributed by atoms with Gasteiger partial charge in [0.2, 0.25) is 0 Å². The number of carbonyl (C=O) groups excluding carboxylic acids is 1. The maximum absolute atomic E-state index is 12.8. The van der Waals surface area contributed by atoms with Gasteiger partial charge in [-0.3, -0.25) is 4.79 Å². The zero-order chi connectivity index (χ0) is 14.7. The molecule has 2 aromatic carbocycles. The molecule has 2 aromatic rings. The van der Waals surface area contributed by atoms with Crippen molar-refractivity contribution in [3.05, 3.63) is 59.2 Å². The fraction of sp³-hybridized carbons (Fsp3) is 0.235. The van der Waals surface area contributed by atoms with Crippen LogP contribution in [0, 0.1) is 13.8 Å². The molecule has 0 radical (unpaired) electrons. The molecule has 0 unspecified atom stereocenters. The molecule has 104 valence electrons. The summed E-state index contributed by atoms with van der Waals surface area (Å²) in [5, 5.41) is 0. The second kappa shape index (κ2) is 6.14. The van der Waals surface area contributed by atoms with Crippen LogP contribution in [-0.4, -0.2) is 12.5 Å². The van der Waals surface area contributed by atoms with E-state index in [1.54, 1.807) is 4.90 Å². The van der Waals surface area contributed by atoms with Gasteiger partial charge in [0.1, 0.15) is 0 Å². The van der Waals surface area contributed by atoms with Crippen LogP contribution >= 0.6 is 12.6 Å². The number of anilines is 1. The van der Waals surface area contributed by atoms with E-state index in [-0.39, 0.29) is 5.91 Å². The molecule has 0 saturated heterocycles. The second-order valence-corrected chi connectivity index (χ2v) is 5.40. The van der Waals surface area contributed by atoms with Crippen LogP contribution < -0.4 is 4.90 Å². The lowest BCUT2D eigenvalue weighted by Crippen LogP contribution is -2.31. The Hall–Kier alpha value is -1.74. The number of nitrogens with zero attached hydrogens (tertiary/aromatic N) is 1. The summed E-state index contributed by atoms with van der Waals surface area (Å²) in [7, 11) is 0. The molecule has 0 N–H and O–H groups in total. The van der Waals surface area contributed by atoms with Crippen molar-refractivity contribution in [2.24, 2.45) is 0 Å². The van der Waals surface area contributed by atoms with E-state index in [1.807, 2.05) is 63.2 Å². The van der Waals surface area contributed by atoms with E-state index in [1.165, 1.54) is 0 Å². The van der Waals surface area contributed by atoms with Crippen LogP contribution in [0.4, 0.5) is 5.69 Å². The lowest BCUT2D eigenvalue weighted by molar-refractivity contribution is 0.0987. The molecule has 0 aliphatic carbocycles. The number of benzene rings is 2. The minimum atomic E-state index is 0.0199. The predicted molar refractivity (Wildman–Crippen MR) is 87.0 cm³/mol. The molecule has 0 aliphatic heterocycles. The van der Waals surface area contributed by atoms with Gasteiger partial charge < -0.3 is 4.90 Å². The van der Waals surface area contributed by atoms with E-state index in [2.05, 4.69) is 12.6 Å². The third-order valence-corrected chi connectivity index (χ3v) is 3.60. The molecule has 0 aliphatic rings. The summed E-state index contributed by atoms with van der Waals surface area (Å²) < 4.78 is 0. The summed E-state index contributed by atoms with van der Waals surface area (Å²) in [6.45, 7) is 6.60. The Morgan fingerprint density at radius 2 is 1.90 bits per heavy atom. The standard InChI is InChI=1S/C17H19NOS/c1-4-18(14-7-5-6-12(2)10-14)17(19)16-11-15(20)9-8-13(16)3/h5-11,20H,4H2,1-3H3. The molecule has 0 spiro atoms. The predicted octanol–water partition coefficient (Wildman–Crippen LogP) is 4.26. The summed E-state index contributed by atoms with van der Waals surface area (Å²) >= 11 is 4.33. The third-order valence-electron chi connectivity index (χ3n) is 3.33. The molecule has 2 nitrogen and oxygen atoms in total. The third kappa shape index (κ3) is 3.05. The van der Waals surface area contributed by atoms with Crippen molar-refractivity contribution in [2.75, 3.05) is 11.4 Å². The Kier molecular flexibility index (Phi) is 4.50. The van der Waals surface area contributed by atoms with E-state index >= 15 is 0 Å². The Balaban J connectivity index is 2.41. The Morgan fingerprint density at radius 3 is 2.55 bits per heavy atom. The highest BCUT2D eigenvalue weighted by Crippen LogP contribution is 2.21. The molecule has 0 heterocycles. The number of hydrogen-bond acceptors (Lipinski definition) is 2. The number of hydrogen-bond donors (Lipinski definition) is 1. The van der Waals surface area contributed by atoms with Crippen molar-refractivity contribution >= 4 is 24.2 Å². The van der Waals surface area contributed by atoms with Crippen molar-refractivity contribution in [1.29, 1.82) is 0 Å². The number of carbonyl (C=O) groups is 1. The summed E-state index contributed by atoms with van der Waals surface area (Å²) in [6.07, 6.45) is 0. The molecule has 0 saturated carbocycles. The first-order valence-electron chi connectivity index (χ1n) is 6.71. The average Bonchev–Trinajstić information content (AvgIpc) is 2.42. The van der Waals surface area contributed by atoms with E-state index in [0.717, 1.165) is 21.7 Å². The van der Waals surface area contributed by atoms with Gasteiger partial charge in [-0.25, -0.2) is 0 Å². The maximum atomic E-state index is 12.8. The second-order valence-electron chi connectivity index (χ2n) is 4.89. The highest BCUT2D eigenvalue weighted by Gasteiger charge is 2.18. The minimum Gasteiger partial charge on any atom is -0.309 e. The van der Waals surface area contributed by atoms with Crippen LogP contribution in [0.5, 0.6) is 0 Å². The molecule has 0 atom stereocenters. The fourth-order valence-corrected chi connectivity index (χ4v) is 2.43. The van der Waals surface area contributed by atoms with Crippen LogP contribution in [0.3, 0.4) is 0 Å². The molecule has 2 rings (SSSR count). The van der Waals surface area contributed by atoms with Crippen molar-refractivity contribution in [2.45, 2.75) is 25.7 Å². The fourth-order valence-electron chi connectivity index (χ4n) is 2.23. The molecular weight excluding hydrogens is 266 g/mol. The summed E-state index contributed by atoms with van der Waals surface area (Å²) in [4.78, 5) is 15.4. The van der Waals surface area contributed by atoms with Crippen LogP contribution in [0.25, 0.3) is 0 Å². The van der Waals surface area contributed by atoms with Crippen LogP contribution in [0.15, 0.2) is 47.4 Å². The lowest BCUT2D eigenvalue weighted by atomic mass is 10.1. The first-order valence-corrected chi connectivity index (χ1v) is 7.15. The number of amides is 1. The first kappa shape index (κ1) is 14.7. The highest BCUT2D eigenvalue weighted by atomic mass is 32.1. The quantitative estimate of drug-likeness (QED) is 0.836. The smallest absolute Gasteiger partial charge is 0.258 e. The SMILES string of the molecule is CCN(C(=O)c1cc(S)ccc1C)c1cccc(C)c1. The van der Waals surface area contributed by atoms with E-state index < -0.39 is 0 Å². The molecule has 1 amide bonds. The number of thiol groups is 1. The Bertz CT molecular complexity index is 637. The van der Waals surface area contributed by atoms with Crippen molar-refractivity contribution in [1.82, 2.24) is 0 Å². The van der Waals surface area contributed by atoms with Crippen LogP contribution in [0.2, 0.25) is 0 Å². The minimum absolute atomic E-state index is 0.0199. The number of rotatable bonds is 3. The van der Waals surface area contributed by atoms with Crippen LogP contribution in [-0.2, 0) is 0 Å². The largest absolute Gasteiger partial charge is 0.309 e. The van der Waals surface area contributed by atoms with Gasteiger partial charge in [0, 0.05) is 22.7 Å². The van der Waals surface area contributed by atoms with Gasteiger partial charge in [0.05, 0.1) is 0 Å². The lowest BCUT2D eigenvalue weighted by Gasteiger charge is -2.22. The van der Waals surface area contributed by atoms with E-state index in [4.69, 9.17) is 0 Å². The zero-order valence-corrected chi connectivity index (χ0v) is 12.9. The molecule has 0 fully saturated rings. The zero-order valence-electron chi connectivity index (χ0n) is 12.1. The van der Waals surface area contributed by atoms with Crippen molar-refractivity contribution in [3.63, 3.8) is 0 Å². The monoisotopic (exact) mass is 285 g/mol. The van der Waals surface area contributed by atoms with Gasteiger partial charge in [-0.1, -0.05) is 18.2 Å². The molecule has 0 aromatic heterocycles. The summed E-state index contributed by atoms with van der Waals surface area (Å²) in [5.41, 5.74) is 3.76. The molecule has 3 heteroatoms.